The Morgan fingerprint density at radius 3 is 2.39 bits per heavy atom. The van der Waals surface area contributed by atoms with E-state index in [0.717, 1.165) is 5.56 Å². The van der Waals surface area contributed by atoms with E-state index >= 15 is 0 Å². The lowest BCUT2D eigenvalue weighted by atomic mass is 10.1. The molecular weight excluding hydrogens is 228 g/mol. The van der Waals surface area contributed by atoms with Crippen LogP contribution >= 0.6 is 0 Å². The number of carbonyl (C=O) groups excluding carboxylic acids is 1. The van der Waals surface area contributed by atoms with E-state index in [0.29, 0.717) is 25.3 Å². The molecule has 0 fully saturated rings. The molecule has 0 atom stereocenters. The average Bonchev–Trinajstić information content (AvgIpc) is 2.38. The van der Waals surface area contributed by atoms with Gasteiger partial charge in [-0.05, 0) is 31.5 Å². The van der Waals surface area contributed by atoms with E-state index in [4.69, 9.17) is 10.5 Å². The smallest absolute Gasteiger partial charge is 0.254 e. The fraction of sp³-hybridized carbons (Fsp3) is 0.500. The molecular formula is C14H22N2O2. The number of methoxy groups -OCH3 is 1. The van der Waals surface area contributed by atoms with E-state index in [9.17, 15) is 4.79 Å². The van der Waals surface area contributed by atoms with Gasteiger partial charge in [-0.3, -0.25) is 4.79 Å². The molecule has 0 aliphatic heterocycles. The van der Waals surface area contributed by atoms with Crippen molar-refractivity contribution in [3.63, 3.8) is 0 Å². The maximum absolute atomic E-state index is 12.3. The molecule has 0 saturated carbocycles. The molecule has 0 unspecified atom stereocenters. The van der Waals surface area contributed by atoms with Gasteiger partial charge in [-0.25, -0.2) is 0 Å². The van der Waals surface area contributed by atoms with Crippen LogP contribution in [0, 0.1) is 0 Å². The van der Waals surface area contributed by atoms with Gasteiger partial charge in [0, 0.05) is 31.8 Å². The van der Waals surface area contributed by atoms with Crippen molar-refractivity contribution in [1.82, 2.24) is 4.90 Å². The Morgan fingerprint density at radius 1 is 1.33 bits per heavy atom. The van der Waals surface area contributed by atoms with Crippen molar-refractivity contribution in [2.24, 2.45) is 5.73 Å². The summed E-state index contributed by atoms with van der Waals surface area (Å²) < 4.78 is 5.03. The second-order valence-corrected chi connectivity index (χ2v) is 4.49. The first-order valence-corrected chi connectivity index (χ1v) is 6.19. The van der Waals surface area contributed by atoms with Gasteiger partial charge in [0.1, 0.15) is 0 Å². The summed E-state index contributed by atoms with van der Waals surface area (Å²) in [4.78, 5) is 14.1. The van der Waals surface area contributed by atoms with E-state index in [1.807, 2.05) is 38.1 Å². The number of carbonyl (C=O) groups is 1. The number of benzene rings is 1. The van der Waals surface area contributed by atoms with E-state index in [1.54, 1.807) is 12.0 Å². The van der Waals surface area contributed by atoms with Crippen LogP contribution in [0.3, 0.4) is 0 Å². The van der Waals surface area contributed by atoms with Crippen LogP contribution in [0.15, 0.2) is 24.3 Å². The Labute approximate surface area is 109 Å². The number of nitrogens with zero attached hydrogens (tertiary/aromatic N) is 1. The number of rotatable bonds is 6. The molecule has 4 heteroatoms. The summed E-state index contributed by atoms with van der Waals surface area (Å²) in [6.45, 7) is 5.64. The van der Waals surface area contributed by atoms with Crippen LogP contribution in [0.1, 0.15) is 29.8 Å². The van der Waals surface area contributed by atoms with Gasteiger partial charge < -0.3 is 15.4 Å². The third-order valence-electron chi connectivity index (χ3n) is 2.86. The first kappa shape index (κ1) is 14.7. The van der Waals surface area contributed by atoms with Crippen molar-refractivity contribution in [3.8, 4) is 0 Å². The van der Waals surface area contributed by atoms with Crippen molar-refractivity contribution in [1.29, 1.82) is 0 Å². The molecule has 18 heavy (non-hydrogen) atoms. The predicted molar refractivity (Wildman–Crippen MR) is 72.4 cm³/mol. The molecule has 0 saturated heterocycles. The van der Waals surface area contributed by atoms with Crippen molar-refractivity contribution < 1.29 is 9.53 Å². The van der Waals surface area contributed by atoms with E-state index in [-0.39, 0.29) is 11.9 Å². The first-order chi connectivity index (χ1) is 8.60. The summed E-state index contributed by atoms with van der Waals surface area (Å²) in [6, 6.07) is 7.59. The Hall–Kier alpha value is -1.39. The molecule has 1 rings (SSSR count). The molecule has 1 amide bonds. The Kier molecular flexibility index (Phi) is 5.82. The van der Waals surface area contributed by atoms with Gasteiger partial charge in [0.25, 0.3) is 5.91 Å². The van der Waals surface area contributed by atoms with Crippen LogP contribution in [0.2, 0.25) is 0 Å². The Morgan fingerprint density at radius 2 is 1.94 bits per heavy atom. The van der Waals surface area contributed by atoms with Gasteiger partial charge in [-0.1, -0.05) is 12.1 Å². The fourth-order valence-corrected chi connectivity index (χ4v) is 1.73. The standard InChI is InChI=1S/C14H22N2O2/c1-11(2)16(8-9-18-3)14(17)13-6-4-12(10-15)5-7-13/h4-7,11H,8-10,15H2,1-3H3. The molecule has 0 spiro atoms. The third-order valence-corrected chi connectivity index (χ3v) is 2.86. The largest absolute Gasteiger partial charge is 0.383 e. The lowest BCUT2D eigenvalue weighted by Gasteiger charge is -2.26. The molecule has 2 N–H and O–H groups in total. The lowest BCUT2D eigenvalue weighted by Crippen LogP contribution is -2.39. The molecule has 4 nitrogen and oxygen atoms in total. The van der Waals surface area contributed by atoms with Crippen LogP contribution in [-0.4, -0.2) is 37.1 Å². The predicted octanol–water partition coefficient (Wildman–Crippen LogP) is 1.64. The molecule has 0 aromatic heterocycles. The monoisotopic (exact) mass is 250 g/mol. The second-order valence-electron chi connectivity index (χ2n) is 4.49. The fourth-order valence-electron chi connectivity index (χ4n) is 1.73. The minimum atomic E-state index is 0.0330. The molecule has 1 aromatic rings. The maximum Gasteiger partial charge on any atom is 0.254 e. The average molecular weight is 250 g/mol. The summed E-state index contributed by atoms with van der Waals surface area (Å²) in [5.74, 6) is 0.0330. The van der Waals surface area contributed by atoms with Gasteiger partial charge in [0.2, 0.25) is 0 Å². The minimum absolute atomic E-state index is 0.0330. The van der Waals surface area contributed by atoms with E-state index < -0.39 is 0 Å². The molecule has 0 aliphatic carbocycles. The highest BCUT2D eigenvalue weighted by Gasteiger charge is 2.18. The van der Waals surface area contributed by atoms with Gasteiger partial charge in [0.05, 0.1) is 6.61 Å². The van der Waals surface area contributed by atoms with Crippen LogP contribution in [-0.2, 0) is 11.3 Å². The lowest BCUT2D eigenvalue weighted by molar-refractivity contribution is 0.0635. The van der Waals surface area contributed by atoms with Gasteiger partial charge in [0.15, 0.2) is 0 Å². The quantitative estimate of drug-likeness (QED) is 0.835. The number of hydrogen-bond donors (Lipinski definition) is 1. The molecule has 0 radical (unpaired) electrons. The molecule has 1 aromatic carbocycles. The third kappa shape index (κ3) is 3.82. The highest BCUT2D eigenvalue weighted by Crippen LogP contribution is 2.10. The van der Waals surface area contributed by atoms with Gasteiger partial charge >= 0.3 is 0 Å². The minimum Gasteiger partial charge on any atom is -0.383 e. The van der Waals surface area contributed by atoms with Crippen LogP contribution in [0.4, 0.5) is 0 Å². The van der Waals surface area contributed by atoms with Crippen molar-refractivity contribution >= 4 is 5.91 Å². The first-order valence-electron chi connectivity index (χ1n) is 6.19. The summed E-state index contributed by atoms with van der Waals surface area (Å²) in [7, 11) is 1.64. The maximum atomic E-state index is 12.3. The van der Waals surface area contributed by atoms with Crippen molar-refractivity contribution in [3.05, 3.63) is 35.4 Å². The van der Waals surface area contributed by atoms with Crippen molar-refractivity contribution in [2.75, 3.05) is 20.3 Å². The number of ether oxygens (including phenoxy) is 1. The zero-order chi connectivity index (χ0) is 13.5. The summed E-state index contributed by atoms with van der Waals surface area (Å²) in [5, 5.41) is 0. The van der Waals surface area contributed by atoms with Crippen molar-refractivity contribution in [2.45, 2.75) is 26.4 Å². The number of nitrogens with two attached hydrogens (primary N) is 1. The highest BCUT2D eigenvalue weighted by molar-refractivity contribution is 5.94. The Balaban J connectivity index is 2.80. The SMILES string of the molecule is COCCN(C(=O)c1ccc(CN)cc1)C(C)C. The molecule has 0 heterocycles. The normalized spacial score (nSPS) is 10.7. The van der Waals surface area contributed by atoms with E-state index in [1.165, 1.54) is 0 Å². The molecule has 0 aliphatic rings. The topological polar surface area (TPSA) is 55.6 Å². The molecule has 100 valence electrons. The zero-order valence-electron chi connectivity index (χ0n) is 11.3. The Bertz CT molecular complexity index is 374. The number of amides is 1. The van der Waals surface area contributed by atoms with Gasteiger partial charge in [-0.2, -0.15) is 0 Å². The number of hydrogen-bond acceptors (Lipinski definition) is 3. The van der Waals surface area contributed by atoms with Crippen LogP contribution in [0.5, 0.6) is 0 Å². The summed E-state index contributed by atoms with van der Waals surface area (Å²) in [5.41, 5.74) is 7.26. The summed E-state index contributed by atoms with van der Waals surface area (Å²) in [6.07, 6.45) is 0. The van der Waals surface area contributed by atoms with Crippen LogP contribution in [0.25, 0.3) is 0 Å². The van der Waals surface area contributed by atoms with Crippen LogP contribution < -0.4 is 5.73 Å². The van der Waals surface area contributed by atoms with Gasteiger partial charge in [-0.15, -0.1) is 0 Å². The second kappa shape index (κ2) is 7.13. The zero-order valence-corrected chi connectivity index (χ0v) is 11.3. The molecule has 0 bridgehead atoms. The highest BCUT2D eigenvalue weighted by atomic mass is 16.5. The summed E-state index contributed by atoms with van der Waals surface area (Å²) >= 11 is 0. The van der Waals surface area contributed by atoms with E-state index in [2.05, 4.69) is 0 Å².